The number of aliphatic hydroxyl groups is 1. The molecule has 0 aliphatic carbocycles. The van der Waals surface area contributed by atoms with Crippen molar-refractivity contribution in [2.24, 2.45) is 5.73 Å². The lowest BCUT2D eigenvalue weighted by molar-refractivity contribution is 0.267. The molecule has 0 fully saturated rings. The Balaban J connectivity index is 2.93. The lowest BCUT2D eigenvalue weighted by Gasteiger charge is -2.08. The zero-order chi connectivity index (χ0) is 8.27. The highest BCUT2D eigenvalue weighted by molar-refractivity contribution is 9.10. The van der Waals surface area contributed by atoms with E-state index in [1.807, 2.05) is 0 Å². The number of halogens is 1. The van der Waals surface area contributed by atoms with Crippen LogP contribution in [0.2, 0.25) is 0 Å². The van der Waals surface area contributed by atoms with Gasteiger partial charge in [0, 0.05) is 22.4 Å². The van der Waals surface area contributed by atoms with E-state index >= 15 is 0 Å². The summed E-state index contributed by atoms with van der Waals surface area (Å²) in [4.78, 5) is 3.89. The van der Waals surface area contributed by atoms with Crippen molar-refractivity contribution in [3.05, 3.63) is 28.5 Å². The maximum atomic E-state index is 8.74. The van der Waals surface area contributed by atoms with Crippen LogP contribution in [0.15, 0.2) is 22.9 Å². The van der Waals surface area contributed by atoms with E-state index in [-0.39, 0.29) is 12.6 Å². The van der Waals surface area contributed by atoms with Gasteiger partial charge in [-0.05, 0) is 6.07 Å². The molecule has 0 saturated carbocycles. The van der Waals surface area contributed by atoms with Crippen LogP contribution in [0.4, 0.5) is 0 Å². The topological polar surface area (TPSA) is 59.1 Å². The molecule has 1 aromatic rings. The minimum absolute atomic E-state index is 0.0652. The van der Waals surface area contributed by atoms with Crippen LogP contribution >= 0.6 is 15.9 Å². The maximum absolute atomic E-state index is 8.74. The first-order valence-electron chi connectivity index (χ1n) is 3.21. The van der Waals surface area contributed by atoms with E-state index in [9.17, 15) is 0 Å². The summed E-state index contributed by atoms with van der Waals surface area (Å²) in [5.41, 5.74) is 6.40. The number of aromatic nitrogens is 1. The fraction of sp³-hybridized carbons (Fsp3) is 0.286. The van der Waals surface area contributed by atoms with Crippen LogP contribution in [0.25, 0.3) is 0 Å². The van der Waals surface area contributed by atoms with Gasteiger partial charge in [-0.25, -0.2) is 0 Å². The molecule has 1 rings (SSSR count). The number of aliphatic hydroxyl groups excluding tert-OH is 1. The highest BCUT2D eigenvalue weighted by atomic mass is 79.9. The number of pyridine rings is 1. The summed E-state index contributed by atoms with van der Waals surface area (Å²) in [6.45, 7) is -0.0652. The molecule has 0 aromatic carbocycles. The van der Waals surface area contributed by atoms with E-state index in [4.69, 9.17) is 10.8 Å². The van der Waals surface area contributed by atoms with Crippen LogP contribution in [-0.2, 0) is 0 Å². The van der Waals surface area contributed by atoms with Gasteiger partial charge in [0.05, 0.1) is 12.6 Å². The second-order valence-electron chi connectivity index (χ2n) is 2.19. The SMILES string of the molecule is N[C@@H](CO)c1cnccc1Br. The van der Waals surface area contributed by atoms with Gasteiger partial charge in [-0.3, -0.25) is 4.98 Å². The number of hydrogen-bond donors (Lipinski definition) is 2. The molecule has 4 heteroatoms. The van der Waals surface area contributed by atoms with Crippen LogP contribution in [0.1, 0.15) is 11.6 Å². The highest BCUT2D eigenvalue weighted by Gasteiger charge is 2.07. The molecule has 0 aliphatic rings. The van der Waals surface area contributed by atoms with Crippen LogP contribution in [0.5, 0.6) is 0 Å². The monoisotopic (exact) mass is 216 g/mol. The van der Waals surface area contributed by atoms with Crippen molar-refractivity contribution in [2.75, 3.05) is 6.61 Å². The average Bonchev–Trinajstić information content (AvgIpc) is 2.04. The Morgan fingerprint density at radius 3 is 3.00 bits per heavy atom. The van der Waals surface area contributed by atoms with Crippen molar-refractivity contribution >= 4 is 15.9 Å². The fourth-order valence-corrected chi connectivity index (χ4v) is 1.28. The largest absolute Gasteiger partial charge is 0.394 e. The Bertz CT molecular complexity index is 242. The van der Waals surface area contributed by atoms with E-state index in [2.05, 4.69) is 20.9 Å². The molecule has 0 saturated heterocycles. The summed E-state index contributed by atoms with van der Waals surface area (Å²) >= 11 is 3.31. The Kier molecular flexibility index (Phi) is 2.99. The third kappa shape index (κ3) is 1.99. The fourth-order valence-electron chi connectivity index (χ4n) is 0.761. The zero-order valence-electron chi connectivity index (χ0n) is 5.87. The van der Waals surface area contributed by atoms with E-state index in [0.29, 0.717) is 0 Å². The molecule has 1 heterocycles. The molecule has 0 unspecified atom stereocenters. The maximum Gasteiger partial charge on any atom is 0.0625 e. The predicted octanol–water partition coefficient (Wildman–Crippen LogP) is 0.836. The van der Waals surface area contributed by atoms with Crippen LogP contribution in [0, 0.1) is 0 Å². The third-order valence-electron chi connectivity index (χ3n) is 1.39. The summed E-state index contributed by atoms with van der Waals surface area (Å²) in [6.07, 6.45) is 3.31. The second kappa shape index (κ2) is 3.80. The highest BCUT2D eigenvalue weighted by Crippen LogP contribution is 2.19. The molecular formula is C7H9BrN2O. The summed E-state index contributed by atoms with van der Waals surface area (Å²) in [6, 6.07) is 1.45. The summed E-state index contributed by atoms with van der Waals surface area (Å²) in [5.74, 6) is 0. The molecule has 60 valence electrons. The number of rotatable bonds is 2. The minimum Gasteiger partial charge on any atom is -0.394 e. The van der Waals surface area contributed by atoms with Gasteiger partial charge in [0.2, 0.25) is 0 Å². The molecule has 1 aromatic heterocycles. The van der Waals surface area contributed by atoms with Gasteiger partial charge < -0.3 is 10.8 Å². The Morgan fingerprint density at radius 2 is 2.45 bits per heavy atom. The van der Waals surface area contributed by atoms with Gasteiger partial charge in [0.1, 0.15) is 0 Å². The Morgan fingerprint density at radius 1 is 1.73 bits per heavy atom. The van der Waals surface area contributed by atoms with Crippen molar-refractivity contribution in [3.8, 4) is 0 Å². The third-order valence-corrected chi connectivity index (χ3v) is 2.11. The van der Waals surface area contributed by atoms with Gasteiger partial charge >= 0.3 is 0 Å². The summed E-state index contributed by atoms with van der Waals surface area (Å²) in [7, 11) is 0. The van der Waals surface area contributed by atoms with Crippen LogP contribution in [0.3, 0.4) is 0 Å². The van der Waals surface area contributed by atoms with E-state index in [1.165, 1.54) is 0 Å². The molecule has 0 aliphatic heterocycles. The molecule has 11 heavy (non-hydrogen) atoms. The van der Waals surface area contributed by atoms with E-state index < -0.39 is 0 Å². The smallest absolute Gasteiger partial charge is 0.0625 e. The summed E-state index contributed by atoms with van der Waals surface area (Å²) < 4.78 is 0.883. The first-order chi connectivity index (χ1) is 5.25. The van der Waals surface area contributed by atoms with Crippen molar-refractivity contribution in [2.45, 2.75) is 6.04 Å². The Labute approximate surface area is 73.4 Å². The molecule has 0 amide bonds. The molecule has 3 nitrogen and oxygen atoms in total. The molecule has 0 bridgehead atoms. The number of nitrogens with zero attached hydrogens (tertiary/aromatic N) is 1. The Hall–Kier alpha value is -0.450. The van der Waals surface area contributed by atoms with Crippen molar-refractivity contribution in [1.82, 2.24) is 4.98 Å². The van der Waals surface area contributed by atoms with Crippen molar-refractivity contribution in [3.63, 3.8) is 0 Å². The van der Waals surface area contributed by atoms with Gasteiger partial charge in [-0.2, -0.15) is 0 Å². The lowest BCUT2D eigenvalue weighted by Crippen LogP contribution is -2.15. The second-order valence-corrected chi connectivity index (χ2v) is 3.04. The summed E-state index contributed by atoms with van der Waals surface area (Å²) in [5, 5.41) is 8.74. The van der Waals surface area contributed by atoms with Crippen LogP contribution in [-0.4, -0.2) is 16.7 Å². The number of nitrogens with two attached hydrogens (primary N) is 1. The molecule has 0 radical (unpaired) electrons. The van der Waals surface area contributed by atoms with Crippen molar-refractivity contribution < 1.29 is 5.11 Å². The number of hydrogen-bond acceptors (Lipinski definition) is 3. The first-order valence-corrected chi connectivity index (χ1v) is 4.01. The van der Waals surface area contributed by atoms with Gasteiger partial charge in [0.25, 0.3) is 0 Å². The predicted molar refractivity (Wildman–Crippen MR) is 46.0 cm³/mol. The lowest BCUT2D eigenvalue weighted by atomic mass is 10.1. The van der Waals surface area contributed by atoms with E-state index in [1.54, 1.807) is 18.5 Å². The quantitative estimate of drug-likeness (QED) is 0.771. The first kappa shape index (κ1) is 8.64. The molecular weight excluding hydrogens is 208 g/mol. The molecule has 1 atom stereocenters. The average molecular weight is 217 g/mol. The normalized spacial score (nSPS) is 13.0. The van der Waals surface area contributed by atoms with Gasteiger partial charge in [-0.1, -0.05) is 15.9 Å². The van der Waals surface area contributed by atoms with Gasteiger partial charge in [-0.15, -0.1) is 0 Å². The van der Waals surface area contributed by atoms with Gasteiger partial charge in [0.15, 0.2) is 0 Å². The zero-order valence-corrected chi connectivity index (χ0v) is 7.45. The molecule has 0 spiro atoms. The molecule has 3 N–H and O–H groups in total. The van der Waals surface area contributed by atoms with Crippen molar-refractivity contribution in [1.29, 1.82) is 0 Å². The minimum atomic E-state index is -0.349. The van der Waals surface area contributed by atoms with Crippen LogP contribution < -0.4 is 5.73 Å². The standard InChI is InChI=1S/C7H9BrN2O/c8-6-1-2-10-3-5(6)7(9)4-11/h1-3,7,11H,4,9H2/t7-/m0/s1. The van der Waals surface area contributed by atoms with E-state index in [0.717, 1.165) is 10.0 Å².